The number of ether oxygens (including phenoxy) is 1. The van der Waals surface area contributed by atoms with E-state index in [-0.39, 0.29) is 0 Å². The molecule has 0 saturated carbocycles. The molecule has 0 atom stereocenters. The molecule has 0 aromatic heterocycles. The van der Waals surface area contributed by atoms with Gasteiger partial charge in [0.25, 0.3) is 0 Å². The average Bonchev–Trinajstić information content (AvgIpc) is 2.43. The van der Waals surface area contributed by atoms with Crippen molar-refractivity contribution in [1.82, 2.24) is 5.32 Å². The van der Waals surface area contributed by atoms with Crippen molar-refractivity contribution in [3.63, 3.8) is 0 Å². The molecule has 0 fully saturated rings. The van der Waals surface area contributed by atoms with Gasteiger partial charge < -0.3 is 10.1 Å². The highest BCUT2D eigenvalue weighted by Gasteiger charge is 2.06. The highest BCUT2D eigenvalue weighted by Crippen LogP contribution is 2.28. The van der Waals surface area contributed by atoms with Crippen LogP contribution in [0.25, 0.3) is 0 Å². The quantitative estimate of drug-likeness (QED) is 0.652. The number of nitrogens with one attached hydrogen (secondary N) is 1. The fourth-order valence-corrected chi connectivity index (χ4v) is 2.58. The lowest BCUT2D eigenvalue weighted by Gasteiger charge is -2.13. The second-order valence-electron chi connectivity index (χ2n) is 5.33. The minimum absolute atomic E-state index is 0.632. The normalized spacial score (nSPS) is 10.9. The molecule has 1 N–H and O–H groups in total. The summed E-state index contributed by atoms with van der Waals surface area (Å²) in [5.41, 5.74) is 1.15. The second-order valence-corrected chi connectivity index (χ2v) is 7.16. The molecule has 0 radical (unpaired) electrons. The van der Waals surface area contributed by atoms with Gasteiger partial charge in [0, 0.05) is 21.1 Å². The van der Waals surface area contributed by atoms with Crippen LogP contribution in [-0.2, 0) is 6.54 Å². The topological polar surface area (TPSA) is 21.3 Å². The summed E-state index contributed by atoms with van der Waals surface area (Å²) >= 11 is 6.95. The Morgan fingerprint density at radius 2 is 1.67 bits per heavy atom. The van der Waals surface area contributed by atoms with E-state index in [2.05, 4.69) is 57.1 Å². The van der Waals surface area contributed by atoms with Gasteiger partial charge in [-0.15, -0.1) is 0 Å². The molecule has 2 rings (SSSR count). The van der Waals surface area contributed by atoms with Crippen molar-refractivity contribution in [3.8, 4) is 11.5 Å². The molecule has 4 heteroatoms. The van der Waals surface area contributed by atoms with Gasteiger partial charge in [-0.1, -0.05) is 45.7 Å². The van der Waals surface area contributed by atoms with Crippen LogP contribution in [0.2, 0.25) is 0 Å². The van der Waals surface area contributed by atoms with Gasteiger partial charge in [0.1, 0.15) is 11.5 Å². The molecule has 0 unspecified atom stereocenters. The molecule has 0 bridgehead atoms. The summed E-state index contributed by atoms with van der Waals surface area (Å²) in [6.07, 6.45) is 0. The number of hydrogen-bond donors (Lipinski definition) is 1. The highest BCUT2D eigenvalue weighted by atomic mass is 79.9. The first-order valence-corrected chi connectivity index (χ1v) is 8.56. The number of halogens is 2. The predicted octanol–water partition coefficient (Wildman–Crippen LogP) is 5.75. The lowest BCUT2D eigenvalue weighted by molar-refractivity contribution is 0.469. The zero-order chi connectivity index (χ0) is 15.2. The standard InChI is InChI=1S/C17H19Br2NO/c1-12(2)10-20-11-13-9-15(19)5-8-17(13)21-16-6-3-14(18)4-7-16/h3-9,12,20H,10-11H2,1-2H3. The van der Waals surface area contributed by atoms with Crippen molar-refractivity contribution in [2.75, 3.05) is 6.54 Å². The SMILES string of the molecule is CC(C)CNCc1cc(Br)ccc1Oc1ccc(Br)cc1. The number of benzene rings is 2. The van der Waals surface area contributed by atoms with E-state index in [4.69, 9.17) is 4.74 Å². The van der Waals surface area contributed by atoms with Crippen molar-refractivity contribution in [2.24, 2.45) is 5.92 Å². The Kier molecular flexibility index (Phi) is 6.27. The minimum atomic E-state index is 0.632. The molecule has 2 aromatic rings. The maximum Gasteiger partial charge on any atom is 0.131 e. The monoisotopic (exact) mass is 411 g/mol. The summed E-state index contributed by atoms with van der Waals surface area (Å²) in [5.74, 6) is 2.36. The molecule has 2 nitrogen and oxygen atoms in total. The van der Waals surface area contributed by atoms with Crippen molar-refractivity contribution in [2.45, 2.75) is 20.4 Å². The van der Waals surface area contributed by atoms with Crippen molar-refractivity contribution >= 4 is 31.9 Å². The fraction of sp³-hybridized carbons (Fsp3) is 0.294. The van der Waals surface area contributed by atoms with Crippen LogP contribution >= 0.6 is 31.9 Å². The molecular formula is C17H19Br2NO. The molecule has 0 spiro atoms. The van der Waals surface area contributed by atoms with Gasteiger partial charge in [-0.25, -0.2) is 0 Å². The van der Waals surface area contributed by atoms with Crippen LogP contribution in [-0.4, -0.2) is 6.54 Å². The lowest BCUT2D eigenvalue weighted by Crippen LogP contribution is -2.19. The van der Waals surface area contributed by atoms with E-state index in [1.807, 2.05) is 36.4 Å². The van der Waals surface area contributed by atoms with E-state index in [0.717, 1.165) is 39.1 Å². The third kappa shape index (κ3) is 5.46. The summed E-state index contributed by atoms with van der Waals surface area (Å²) < 4.78 is 8.10. The molecule has 21 heavy (non-hydrogen) atoms. The first kappa shape index (κ1) is 16.5. The van der Waals surface area contributed by atoms with Crippen LogP contribution in [0.3, 0.4) is 0 Å². The summed E-state index contributed by atoms with van der Waals surface area (Å²) in [7, 11) is 0. The van der Waals surface area contributed by atoms with E-state index in [9.17, 15) is 0 Å². The lowest BCUT2D eigenvalue weighted by atomic mass is 10.2. The highest BCUT2D eigenvalue weighted by molar-refractivity contribution is 9.10. The van der Waals surface area contributed by atoms with Gasteiger partial charge in [-0.2, -0.15) is 0 Å². The molecule has 2 aromatic carbocycles. The van der Waals surface area contributed by atoms with Gasteiger partial charge in [-0.3, -0.25) is 0 Å². The van der Waals surface area contributed by atoms with Gasteiger partial charge in [0.2, 0.25) is 0 Å². The predicted molar refractivity (Wildman–Crippen MR) is 94.9 cm³/mol. The molecule has 112 valence electrons. The van der Waals surface area contributed by atoms with Crippen LogP contribution < -0.4 is 10.1 Å². The first-order valence-electron chi connectivity index (χ1n) is 6.97. The van der Waals surface area contributed by atoms with Crippen LogP contribution in [0.4, 0.5) is 0 Å². The van der Waals surface area contributed by atoms with Crippen molar-refractivity contribution in [1.29, 1.82) is 0 Å². The van der Waals surface area contributed by atoms with Gasteiger partial charge in [0.15, 0.2) is 0 Å². The maximum atomic E-state index is 6.00. The summed E-state index contributed by atoms with van der Waals surface area (Å²) in [5, 5.41) is 3.46. The minimum Gasteiger partial charge on any atom is -0.457 e. The molecule has 0 saturated heterocycles. The largest absolute Gasteiger partial charge is 0.457 e. The Balaban J connectivity index is 2.12. The summed E-state index contributed by atoms with van der Waals surface area (Å²) in [4.78, 5) is 0. The van der Waals surface area contributed by atoms with Crippen LogP contribution in [0.1, 0.15) is 19.4 Å². The third-order valence-corrected chi connectivity index (χ3v) is 3.95. The van der Waals surface area contributed by atoms with Gasteiger partial charge in [-0.05, 0) is 54.9 Å². The first-order chi connectivity index (χ1) is 10.0. The Labute approximate surface area is 143 Å². The average molecular weight is 413 g/mol. The molecule has 0 aliphatic rings. The van der Waals surface area contributed by atoms with Crippen LogP contribution in [0, 0.1) is 5.92 Å². The van der Waals surface area contributed by atoms with Gasteiger partial charge >= 0.3 is 0 Å². The smallest absolute Gasteiger partial charge is 0.131 e. The Morgan fingerprint density at radius 3 is 2.33 bits per heavy atom. The Bertz CT molecular complexity index is 582. The van der Waals surface area contributed by atoms with E-state index < -0.39 is 0 Å². The number of rotatable bonds is 6. The number of hydrogen-bond acceptors (Lipinski definition) is 2. The fourth-order valence-electron chi connectivity index (χ4n) is 1.91. The van der Waals surface area contributed by atoms with E-state index in [1.165, 1.54) is 0 Å². The molecule has 0 aliphatic carbocycles. The van der Waals surface area contributed by atoms with Gasteiger partial charge in [0.05, 0.1) is 0 Å². The van der Waals surface area contributed by atoms with Crippen LogP contribution in [0.15, 0.2) is 51.4 Å². The summed E-state index contributed by atoms with van der Waals surface area (Å²) in [6, 6.07) is 14.0. The Morgan fingerprint density at radius 1 is 1.00 bits per heavy atom. The maximum absolute atomic E-state index is 6.00. The third-order valence-electron chi connectivity index (χ3n) is 2.93. The molecule has 0 heterocycles. The zero-order valence-electron chi connectivity index (χ0n) is 12.2. The second kappa shape index (κ2) is 7.97. The molecule has 0 aliphatic heterocycles. The van der Waals surface area contributed by atoms with E-state index in [0.29, 0.717) is 5.92 Å². The van der Waals surface area contributed by atoms with Crippen molar-refractivity contribution < 1.29 is 4.74 Å². The molecule has 0 amide bonds. The Hall–Kier alpha value is -0.840. The van der Waals surface area contributed by atoms with E-state index in [1.54, 1.807) is 0 Å². The van der Waals surface area contributed by atoms with Crippen LogP contribution in [0.5, 0.6) is 11.5 Å². The summed E-state index contributed by atoms with van der Waals surface area (Å²) in [6.45, 7) is 6.19. The van der Waals surface area contributed by atoms with Crippen molar-refractivity contribution in [3.05, 3.63) is 57.0 Å². The molecular weight excluding hydrogens is 394 g/mol. The zero-order valence-corrected chi connectivity index (χ0v) is 15.4. The van der Waals surface area contributed by atoms with E-state index >= 15 is 0 Å².